The molecular formula is C13H17N3O5. The maximum absolute atomic E-state index is 11.7. The van der Waals surface area contributed by atoms with Crippen LogP contribution in [0, 0.1) is 10.1 Å². The predicted molar refractivity (Wildman–Crippen MR) is 75.1 cm³/mol. The minimum absolute atomic E-state index is 0.0440. The fourth-order valence-electron chi connectivity index (χ4n) is 2.01. The standard InChI is InChI=1S/C13H17N3O5/c17-12(14-9-13(18)5-7-21-8-6-13)15-10-1-3-11(4-2-10)16(19)20/h1-4,18H,5-9H2,(H2,14,15,17). The number of nitrogens with one attached hydrogen (secondary N) is 2. The smallest absolute Gasteiger partial charge is 0.319 e. The van der Waals surface area contributed by atoms with Crippen molar-refractivity contribution in [3.05, 3.63) is 34.4 Å². The Morgan fingerprint density at radius 2 is 1.95 bits per heavy atom. The van der Waals surface area contributed by atoms with Crippen molar-refractivity contribution < 1.29 is 19.6 Å². The molecule has 1 heterocycles. The molecule has 0 atom stereocenters. The Hall–Kier alpha value is -2.19. The number of anilines is 1. The Bertz CT molecular complexity index is 511. The number of hydrogen-bond acceptors (Lipinski definition) is 5. The first kappa shape index (κ1) is 15.2. The second-order valence-electron chi connectivity index (χ2n) is 4.95. The van der Waals surface area contributed by atoms with Crippen LogP contribution in [0.3, 0.4) is 0 Å². The molecule has 8 heteroatoms. The molecule has 114 valence electrons. The molecule has 0 spiro atoms. The molecule has 3 N–H and O–H groups in total. The molecule has 0 aromatic heterocycles. The van der Waals surface area contributed by atoms with Gasteiger partial charge in [-0.3, -0.25) is 10.1 Å². The maximum atomic E-state index is 11.7. The largest absolute Gasteiger partial charge is 0.388 e. The molecule has 1 fully saturated rings. The first-order chi connectivity index (χ1) is 9.98. The molecule has 1 aromatic rings. The third-order valence-electron chi connectivity index (χ3n) is 3.34. The van der Waals surface area contributed by atoms with Crippen LogP contribution in [0.4, 0.5) is 16.2 Å². The molecule has 8 nitrogen and oxygen atoms in total. The van der Waals surface area contributed by atoms with Crippen LogP contribution in [0.5, 0.6) is 0 Å². The van der Waals surface area contributed by atoms with E-state index >= 15 is 0 Å². The number of nitrogens with zero attached hydrogens (tertiary/aromatic N) is 1. The van der Waals surface area contributed by atoms with Gasteiger partial charge in [0.25, 0.3) is 5.69 Å². The number of urea groups is 1. The SMILES string of the molecule is O=C(NCC1(O)CCOCC1)Nc1ccc([N+](=O)[O-])cc1. The fraction of sp³-hybridized carbons (Fsp3) is 0.462. The number of nitro groups is 1. The molecule has 21 heavy (non-hydrogen) atoms. The lowest BCUT2D eigenvalue weighted by Crippen LogP contribution is -2.47. The number of benzene rings is 1. The number of aliphatic hydroxyl groups is 1. The summed E-state index contributed by atoms with van der Waals surface area (Å²) in [6, 6.07) is 5.04. The van der Waals surface area contributed by atoms with Crippen LogP contribution in [-0.2, 0) is 4.74 Å². The van der Waals surface area contributed by atoms with E-state index in [2.05, 4.69) is 10.6 Å². The van der Waals surface area contributed by atoms with Crippen LogP contribution < -0.4 is 10.6 Å². The number of carbonyl (C=O) groups excluding carboxylic acids is 1. The second-order valence-corrected chi connectivity index (χ2v) is 4.95. The number of ether oxygens (including phenoxy) is 1. The topological polar surface area (TPSA) is 114 Å². The van der Waals surface area contributed by atoms with Crippen molar-refractivity contribution in [1.29, 1.82) is 0 Å². The zero-order valence-corrected chi connectivity index (χ0v) is 11.4. The van der Waals surface area contributed by atoms with Gasteiger partial charge in [-0.1, -0.05) is 0 Å². The summed E-state index contributed by atoms with van der Waals surface area (Å²) < 4.78 is 5.15. The van der Waals surface area contributed by atoms with Crippen LogP contribution in [0.15, 0.2) is 24.3 Å². The highest BCUT2D eigenvalue weighted by atomic mass is 16.6. The first-order valence-electron chi connectivity index (χ1n) is 6.58. The van der Waals surface area contributed by atoms with Crippen LogP contribution in [-0.4, -0.2) is 41.4 Å². The minimum atomic E-state index is -0.939. The second kappa shape index (κ2) is 6.51. The molecule has 2 rings (SSSR count). The third kappa shape index (κ3) is 4.40. The Morgan fingerprint density at radius 1 is 1.33 bits per heavy atom. The highest BCUT2D eigenvalue weighted by Gasteiger charge is 2.30. The van der Waals surface area contributed by atoms with Gasteiger partial charge < -0.3 is 20.5 Å². The summed E-state index contributed by atoms with van der Waals surface area (Å²) in [4.78, 5) is 21.7. The van der Waals surface area contributed by atoms with E-state index in [1.165, 1.54) is 24.3 Å². The zero-order chi connectivity index (χ0) is 15.3. The minimum Gasteiger partial charge on any atom is -0.388 e. The van der Waals surface area contributed by atoms with Gasteiger partial charge in [-0.2, -0.15) is 0 Å². The average molecular weight is 295 g/mol. The van der Waals surface area contributed by atoms with Gasteiger partial charge in [0, 0.05) is 50.4 Å². The van der Waals surface area contributed by atoms with E-state index in [1.54, 1.807) is 0 Å². The fourth-order valence-corrected chi connectivity index (χ4v) is 2.01. The Balaban J connectivity index is 1.82. The summed E-state index contributed by atoms with van der Waals surface area (Å²) in [6.45, 7) is 1.08. The number of amides is 2. The highest BCUT2D eigenvalue weighted by molar-refractivity contribution is 5.89. The molecule has 2 amide bonds. The van der Waals surface area contributed by atoms with Crippen LogP contribution in [0.2, 0.25) is 0 Å². The molecule has 0 bridgehead atoms. The Morgan fingerprint density at radius 3 is 2.52 bits per heavy atom. The maximum Gasteiger partial charge on any atom is 0.319 e. The Labute approximate surface area is 121 Å². The van der Waals surface area contributed by atoms with E-state index in [9.17, 15) is 20.0 Å². The van der Waals surface area contributed by atoms with Gasteiger partial charge >= 0.3 is 6.03 Å². The highest BCUT2D eigenvalue weighted by Crippen LogP contribution is 2.19. The lowest BCUT2D eigenvalue weighted by Gasteiger charge is -2.32. The van der Waals surface area contributed by atoms with E-state index in [0.29, 0.717) is 31.7 Å². The van der Waals surface area contributed by atoms with E-state index in [4.69, 9.17) is 4.74 Å². The summed E-state index contributed by atoms with van der Waals surface area (Å²) in [5, 5.41) is 25.8. The Kier molecular flexibility index (Phi) is 4.71. The number of rotatable bonds is 4. The molecular weight excluding hydrogens is 278 g/mol. The third-order valence-corrected chi connectivity index (χ3v) is 3.34. The summed E-state index contributed by atoms with van der Waals surface area (Å²) in [7, 11) is 0. The van der Waals surface area contributed by atoms with Crippen molar-refractivity contribution in [2.45, 2.75) is 18.4 Å². The summed E-state index contributed by atoms with van der Waals surface area (Å²) in [5.74, 6) is 0. The molecule has 1 aliphatic heterocycles. The van der Waals surface area contributed by atoms with E-state index in [0.717, 1.165) is 0 Å². The van der Waals surface area contributed by atoms with Crippen molar-refractivity contribution in [2.75, 3.05) is 25.1 Å². The van der Waals surface area contributed by atoms with Gasteiger partial charge in [-0.15, -0.1) is 0 Å². The number of nitro benzene ring substituents is 1. The normalized spacial score (nSPS) is 17.0. The summed E-state index contributed by atoms with van der Waals surface area (Å²) >= 11 is 0. The van der Waals surface area contributed by atoms with Gasteiger partial charge in [-0.25, -0.2) is 4.79 Å². The monoisotopic (exact) mass is 295 g/mol. The predicted octanol–water partition coefficient (Wildman–Crippen LogP) is 1.26. The van der Waals surface area contributed by atoms with Crippen molar-refractivity contribution in [2.24, 2.45) is 0 Å². The van der Waals surface area contributed by atoms with Gasteiger partial charge in [0.1, 0.15) is 0 Å². The average Bonchev–Trinajstić information content (AvgIpc) is 2.47. The number of non-ortho nitro benzene ring substituents is 1. The molecule has 0 radical (unpaired) electrons. The van der Waals surface area contributed by atoms with E-state index in [1.807, 2.05) is 0 Å². The lowest BCUT2D eigenvalue weighted by atomic mass is 9.94. The first-order valence-corrected chi connectivity index (χ1v) is 6.58. The van der Waals surface area contributed by atoms with Gasteiger partial charge in [-0.05, 0) is 12.1 Å². The number of carbonyl (C=O) groups is 1. The molecule has 0 saturated carbocycles. The zero-order valence-electron chi connectivity index (χ0n) is 11.4. The van der Waals surface area contributed by atoms with Crippen molar-refractivity contribution in [3.8, 4) is 0 Å². The van der Waals surface area contributed by atoms with E-state index in [-0.39, 0.29) is 12.2 Å². The van der Waals surface area contributed by atoms with Crippen LogP contribution >= 0.6 is 0 Å². The van der Waals surface area contributed by atoms with Crippen LogP contribution in [0.1, 0.15) is 12.8 Å². The van der Waals surface area contributed by atoms with Crippen molar-refractivity contribution >= 4 is 17.4 Å². The quantitative estimate of drug-likeness (QED) is 0.571. The summed E-state index contributed by atoms with van der Waals surface area (Å²) in [5.41, 5.74) is -0.542. The molecule has 0 unspecified atom stereocenters. The van der Waals surface area contributed by atoms with Gasteiger partial charge in [0.05, 0.1) is 10.5 Å². The molecule has 1 aromatic carbocycles. The van der Waals surface area contributed by atoms with Gasteiger partial charge in [0.2, 0.25) is 0 Å². The number of hydrogen-bond donors (Lipinski definition) is 3. The molecule has 0 aliphatic carbocycles. The van der Waals surface area contributed by atoms with Crippen molar-refractivity contribution in [1.82, 2.24) is 5.32 Å². The lowest BCUT2D eigenvalue weighted by molar-refractivity contribution is -0.384. The van der Waals surface area contributed by atoms with E-state index < -0.39 is 16.6 Å². The van der Waals surface area contributed by atoms with Gasteiger partial charge in [0.15, 0.2) is 0 Å². The van der Waals surface area contributed by atoms with Crippen molar-refractivity contribution in [3.63, 3.8) is 0 Å². The summed E-state index contributed by atoms with van der Waals surface area (Å²) in [6.07, 6.45) is 0.954. The molecule has 1 aliphatic rings. The molecule has 1 saturated heterocycles. The van der Waals surface area contributed by atoms with Crippen LogP contribution in [0.25, 0.3) is 0 Å².